The fraction of sp³-hybridized carbons (Fsp3) is 0.636. The van der Waals surface area contributed by atoms with Gasteiger partial charge in [0.1, 0.15) is 0 Å². The van der Waals surface area contributed by atoms with Crippen LogP contribution >= 0.6 is 0 Å². The van der Waals surface area contributed by atoms with E-state index in [1.165, 1.54) is 44.1 Å². The number of hydrogen-bond donors (Lipinski definition) is 2. The Bertz CT molecular complexity index is 679. The first-order valence-electron chi connectivity index (χ1n) is 10.2. The molecule has 138 valence electrons. The lowest BCUT2D eigenvalue weighted by atomic mass is 9.49. The molecule has 1 aromatic rings. The molecule has 6 rings (SSSR count). The van der Waals surface area contributed by atoms with E-state index >= 15 is 0 Å². The maximum Gasteiger partial charge on any atom is 0.242 e. The summed E-state index contributed by atoms with van der Waals surface area (Å²) < 4.78 is 0. The number of rotatable bonds is 4. The molecule has 4 bridgehead atoms. The van der Waals surface area contributed by atoms with Crippen LogP contribution in [0.4, 0.5) is 0 Å². The van der Waals surface area contributed by atoms with Crippen LogP contribution in [0.3, 0.4) is 0 Å². The van der Waals surface area contributed by atoms with E-state index in [2.05, 4.69) is 23.0 Å². The maximum atomic E-state index is 12.5. The molecule has 4 heteroatoms. The van der Waals surface area contributed by atoms with Crippen LogP contribution in [0.15, 0.2) is 30.3 Å². The van der Waals surface area contributed by atoms with Crippen molar-refractivity contribution in [3.8, 4) is 0 Å². The van der Waals surface area contributed by atoms with Crippen molar-refractivity contribution in [1.29, 1.82) is 0 Å². The molecule has 5 aliphatic carbocycles. The summed E-state index contributed by atoms with van der Waals surface area (Å²) >= 11 is 0. The van der Waals surface area contributed by atoms with Crippen molar-refractivity contribution < 1.29 is 9.59 Å². The number of nitrogens with one attached hydrogen (secondary N) is 2. The predicted molar refractivity (Wildman–Crippen MR) is 98.8 cm³/mol. The van der Waals surface area contributed by atoms with Gasteiger partial charge in [-0.15, -0.1) is 0 Å². The molecule has 5 saturated carbocycles. The van der Waals surface area contributed by atoms with E-state index in [1.807, 2.05) is 18.2 Å². The summed E-state index contributed by atoms with van der Waals surface area (Å²) in [6.45, 7) is 0. The van der Waals surface area contributed by atoms with Gasteiger partial charge in [0.2, 0.25) is 11.8 Å². The van der Waals surface area contributed by atoms with Crippen molar-refractivity contribution in [1.82, 2.24) is 10.9 Å². The zero-order chi connectivity index (χ0) is 17.7. The normalized spacial score (nSPS) is 39.5. The molecule has 5 fully saturated rings. The molecule has 2 atom stereocenters. The second-order valence-corrected chi connectivity index (χ2v) is 9.49. The van der Waals surface area contributed by atoms with Gasteiger partial charge >= 0.3 is 0 Å². The fourth-order valence-electron chi connectivity index (χ4n) is 6.67. The number of benzene rings is 1. The SMILES string of the molecule is O=C(CC12CC3CC(CC(C3)C1)C2)NNC(=O)C1CC1c1ccccc1. The van der Waals surface area contributed by atoms with Gasteiger partial charge in [0.05, 0.1) is 0 Å². The van der Waals surface area contributed by atoms with Crippen LogP contribution in [0.1, 0.15) is 62.8 Å². The smallest absolute Gasteiger partial charge is 0.242 e. The Labute approximate surface area is 155 Å². The molecule has 2 unspecified atom stereocenters. The Morgan fingerprint density at radius 2 is 1.50 bits per heavy atom. The summed E-state index contributed by atoms with van der Waals surface area (Å²) in [6.07, 6.45) is 9.29. The minimum Gasteiger partial charge on any atom is -0.273 e. The van der Waals surface area contributed by atoms with Crippen molar-refractivity contribution in [2.75, 3.05) is 0 Å². The van der Waals surface area contributed by atoms with Crippen LogP contribution < -0.4 is 10.9 Å². The minimum absolute atomic E-state index is 0.00255. The van der Waals surface area contributed by atoms with E-state index in [4.69, 9.17) is 0 Å². The largest absolute Gasteiger partial charge is 0.273 e. The molecule has 0 heterocycles. The second kappa shape index (κ2) is 6.11. The first-order valence-corrected chi connectivity index (χ1v) is 10.2. The summed E-state index contributed by atoms with van der Waals surface area (Å²) in [5, 5.41) is 0. The van der Waals surface area contributed by atoms with Crippen LogP contribution in [0.5, 0.6) is 0 Å². The van der Waals surface area contributed by atoms with Gasteiger partial charge in [0.25, 0.3) is 0 Å². The molecule has 5 aliphatic rings. The van der Waals surface area contributed by atoms with Crippen LogP contribution in [-0.4, -0.2) is 11.8 Å². The lowest BCUT2D eigenvalue weighted by Gasteiger charge is -2.56. The van der Waals surface area contributed by atoms with E-state index in [0.717, 1.165) is 24.2 Å². The summed E-state index contributed by atoms with van der Waals surface area (Å²) in [7, 11) is 0. The van der Waals surface area contributed by atoms with Crippen LogP contribution in [0.2, 0.25) is 0 Å². The Morgan fingerprint density at radius 3 is 2.12 bits per heavy atom. The third kappa shape index (κ3) is 3.04. The summed E-state index contributed by atoms with van der Waals surface area (Å²) in [5.41, 5.74) is 6.83. The van der Waals surface area contributed by atoms with E-state index in [0.29, 0.717) is 12.3 Å². The zero-order valence-corrected chi connectivity index (χ0v) is 15.2. The summed E-state index contributed by atoms with van der Waals surface area (Å²) in [5.74, 6) is 2.80. The van der Waals surface area contributed by atoms with Gasteiger partial charge in [0, 0.05) is 12.3 Å². The van der Waals surface area contributed by atoms with E-state index < -0.39 is 0 Å². The number of hydrazine groups is 1. The molecule has 0 radical (unpaired) electrons. The number of carbonyl (C=O) groups is 2. The molecule has 4 nitrogen and oxygen atoms in total. The minimum atomic E-state index is -0.0438. The average Bonchev–Trinajstić information content (AvgIpc) is 3.40. The molecular weight excluding hydrogens is 324 g/mol. The van der Waals surface area contributed by atoms with Gasteiger partial charge in [-0.05, 0) is 79.6 Å². The third-order valence-corrected chi connectivity index (χ3v) is 7.38. The summed E-state index contributed by atoms with van der Waals surface area (Å²) in [6, 6.07) is 10.2. The van der Waals surface area contributed by atoms with Crippen molar-refractivity contribution in [3.63, 3.8) is 0 Å². The average molecular weight is 352 g/mol. The monoisotopic (exact) mass is 352 g/mol. The number of amides is 2. The van der Waals surface area contributed by atoms with Crippen LogP contribution in [0, 0.1) is 29.1 Å². The first kappa shape index (κ1) is 16.3. The standard InChI is InChI=1S/C22H28N2O2/c25-20(13-22-10-14-6-15(11-22)8-16(7-14)12-22)23-24-21(26)19-9-18(19)17-4-2-1-3-5-17/h1-5,14-16,18-19H,6-13H2,(H,23,25)(H,24,26). The van der Waals surface area contributed by atoms with Crippen molar-refractivity contribution in [3.05, 3.63) is 35.9 Å². The Morgan fingerprint density at radius 1 is 0.885 bits per heavy atom. The quantitative estimate of drug-likeness (QED) is 0.814. The van der Waals surface area contributed by atoms with Gasteiger partial charge in [-0.25, -0.2) is 0 Å². The number of carbonyl (C=O) groups excluding carboxylic acids is 2. The molecule has 1 aromatic carbocycles. The molecular formula is C22H28N2O2. The lowest BCUT2D eigenvalue weighted by Crippen LogP contribution is -2.50. The van der Waals surface area contributed by atoms with Crippen molar-refractivity contribution in [2.24, 2.45) is 29.1 Å². The molecule has 0 aromatic heterocycles. The van der Waals surface area contributed by atoms with Gasteiger partial charge in [-0.2, -0.15) is 0 Å². The Hall–Kier alpha value is -1.84. The van der Waals surface area contributed by atoms with Crippen LogP contribution in [0.25, 0.3) is 0 Å². The number of hydrogen-bond acceptors (Lipinski definition) is 2. The van der Waals surface area contributed by atoms with Crippen molar-refractivity contribution in [2.45, 2.75) is 57.3 Å². The van der Waals surface area contributed by atoms with Gasteiger partial charge in [-0.1, -0.05) is 30.3 Å². The fourth-order valence-corrected chi connectivity index (χ4v) is 6.67. The van der Waals surface area contributed by atoms with Crippen LogP contribution in [-0.2, 0) is 9.59 Å². The highest BCUT2D eigenvalue weighted by atomic mass is 16.2. The van der Waals surface area contributed by atoms with E-state index in [1.54, 1.807) is 0 Å². The molecule has 0 spiro atoms. The topological polar surface area (TPSA) is 58.2 Å². The van der Waals surface area contributed by atoms with Gasteiger partial charge in [-0.3, -0.25) is 20.4 Å². The van der Waals surface area contributed by atoms with Gasteiger partial charge in [0.15, 0.2) is 0 Å². The highest BCUT2D eigenvalue weighted by Gasteiger charge is 2.51. The molecule has 2 N–H and O–H groups in total. The predicted octanol–water partition coefficient (Wildman–Crippen LogP) is 3.54. The second-order valence-electron chi connectivity index (χ2n) is 9.49. The molecule has 26 heavy (non-hydrogen) atoms. The molecule has 2 amide bonds. The third-order valence-electron chi connectivity index (χ3n) is 7.38. The van der Waals surface area contributed by atoms with E-state index in [-0.39, 0.29) is 23.1 Å². The van der Waals surface area contributed by atoms with Gasteiger partial charge < -0.3 is 0 Å². The molecule has 0 aliphatic heterocycles. The summed E-state index contributed by atoms with van der Waals surface area (Å²) in [4.78, 5) is 24.8. The highest BCUT2D eigenvalue weighted by molar-refractivity contribution is 5.86. The molecule has 0 saturated heterocycles. The first-order chi connectivity index (χ1) is 12.6. The van der Waals surface area contributed by atoms with Crippen molar-refractivity contribution >= 4 is 11.8 Å². The lowest BCUT2D eigenvalue weighted by molar-refractivity contribution is -0.134. The Balaban J connectivity index is 1.12. The Kier molecular flexibility index (Phi) is 3.84. The zero-order valence-electron chi connectivity index (χ0n) is 15.2. The highest BCUT2D eigenvalue weighted by Crippen LogP contribution is 2.61. The van der Waals surface area contributed by atoms with E-state index in [9.17, 15) is 9.59 Å². The maximum absolute atomic E-state index is 12.5.